The largest absolute Gasteiger partial charge is 0.295 e. The zero-order valence-electron chi connectivity index (χ0n) is 16.0. The van der Waals surface area contributed by atoms with Crippen LogP contribution in [0.15, 0.2) is 112 Å². The molecule has 4 aromatic carbocycles. The van der Waals surface area contributed by atoms with E-state index in [2.05, 4.69) is 80.4 Å². The van der Waals surface area contributed by atoms with Crippen LogP contribution in [0.4, 0.5) is 0 Å². The molecule has 0 amide bonds. The average Bonchev–Trinajstić information content (AvgIpc) is 2.76. The Bertz CT molecular complexity index is 1050. The summed E-state index contributed by atoms with van der Waals surface area (Å²) in [6, 6.07) is 34.5. The van der Waals surface area contributed by atoms with Gasteiger partial charge in [0, 0.05) is 14.5 Å². The first-order chi connectivity index (χ1) is 14.0. The highest BCUT2D eigenvalue weighted by molar-refractivity contribution is 9.10. The number of Topliss-reactive ketones (excluding diaryl/α,β-unsaturated/α-hetero) is 1. The van der Waals surface area contributed by atoms with Gasteiger partial charge in [-0.25, -0.2) is 0 Å². The molecule has 3 heteroatoms. The fourth-order valence-corrected chi connectivity index (χ4v) is 3.34. The van der Waals surface area contributed by atoms with Gasteiger partial charge < -0.3 is 0 Å². The lowest BCUT2D eigenvalue weighted by Crippen LogP contribution is -1.90. The smallest absolute Gasteiger partial charge is 0.159 e. The summed E-state index contributed by atoms with van der Waals surface area (Å²) in [6.07, 6.45) is 0. The van der Waals surface area contributed by atoms with Crippen molar-refractivity contribution >= 4 is 37.6 Å². The number of halogens is 2. The Morgan fingerprint density at radius 3 is 1.24 bits per heavy atom. The Labute approximate surface area is 188 Å². The van der Waals surface area contributed by atoms with Crippen LogP contribution in [0, 0.1) is 0 Å². The van der Waals surface area contributed by atoms with E-state index in [0.717, 1.165) is 25.6 Å². The monoisotopic (exact) mass is 506 g/mol. The van der Waals surface area contributed by atoms with E-state index in [1.807, 2.05) is 54.6 Å². The second kappa shape index (κ2) is 10.3. The van der Waals surface area contributed by atoms with Gasteiger partial charge in [-0.05, 0) is 53.4 Å². The van der Waals surface area contributed by atoms with Crippen LogP contribution in [0.25, 0.3) is 22.3 Å². The Morgan fingerprint density at radius 2 is 0.862 bits per heavy atom. The van der Waals surface area contributed by atoms with Crippen LogP contribution in [0.1, 0.15) is 17.3 Å². The van der Waals surface area contributed by atoms with Crippen LogP contribution >= 0.6 is 31.9 Å². The predicted octanol–water partition coefficient (Wildman–Crippen LogP) is 8.43. The minimum Gasteiger partial charge on any atom is -0.295 e. The Kier molecular flexibility index (Phi) is 7.56. The average molecular weight is 508 g/mol. The Balaban J connectivity index is 0.000000169. The lowest BCUT2D eigenvalue weighted by molar-refractivity contribution is 0.101. The summed E-state index contributed by atoms with van der Waals surface area (Å²) in [5, 5.41) is 0. The molecule has 0 aliphatic carbocycles. The maximum atomic E-state index is 11.1. The van der Waals surface area contributed by atoms with Crippen molar-refractivity contribution in [2.45, 2.75) is 6.92 Å². The molecule has 1 nitrogen and oxygen atoms in total. The topological polar surface area (TPSA) is 17.1 Å². The van der Waals surface area contributed by atoms with Gasteiger partial charge in [-0.15, -0.1) is 0 Å². The molecular formula is C26H20Br2O. The second-order valence-corrected chi connectivity index (χ2v) is 8.34. The lowest BCUT2D eigenvalue weighted by Gasteiger charge is -2.02. The third kappa shape index (κ3) is 6.25. The molecule has 0 unspecified atom stereocenters. The van der Waals surface area contributed by atoms with Crippen molar-refractivity contribution in [2.75, 3.05) is 0 Å². The van der Waals surface area contributed by atoms with Gasteiger partial charge in [0.15, 0.2) is 5.78 Å². The summed E-state index contributed by atoms with van der Waals surface area (Å²) in [5.41, 5.74) is 5.54. The molecule has 0 fully saturated rings. The first-order valence-electron chi connectivity index (χ1n) is 9.21. The van der Waals surface area contributed by atoms with E-state index in [1.165, 1.54) is 11.1 Å². The molecule has 0 aliphatic heterocycles. The van der Waals surface area contributed by atoms with Gasteiger partial charge in [0.05, 0.1) is 0 Å². The first-order valence-corrected chi connectivity index (χ1v) is 10.8. The summed E-state index contributed by atoms with van der Waals surface area (Å²) in [6.45, 7) is 1.58. The third-order valence-corrected chi connectivity index (χ3v) is 5.48. The summed E-state index contributed by atoms with van der Waals surface area (Å²) in [5.74, 6) is 0.0994. The van der Waals surface area contributed by atoms with Gasteiger partial charge in [-0.1, -0.05) is 111 Å². The summed E-state index contributed by atoms with van der Waals surface area (Å²) in [4.78, 5) is 11.1. The first kappa shape index (κ1) is 21.2. The number of carbonyl (C=O) groups excluding carboxylic acids is 1. The van der Waals surface area contributed by atoms with E-state index in [0.29, 0.717) is 0 Å². The maximum absolute atomic E-state index is 11.1. The lowest BCUT2D eigenvalue weighted by atomic mass is 10.0. The molecule has 0 radical (unpaired) electrons. The quantitative estimate of drug-likeness (QED) is 0.254. The highest BCUT2D eigenvalue weighted by atomic mass is 79.9. The third-order valence-electron chi connectivity index (χ3n) is 4.42. The number of carbonyl (C=O) groups is 1. The van der Waals surface area contributed by atoms with Crippen LogP contribution in [0.2, 0.25) is 0 Å². The van der Waals surface area contributed by atoms with Crippen molar-refractivity contribution in [2.24, 2.45) is 0 Å². The summed E-state index contributed by atoms with van der Waals surface area (Å²) in [7, 11) is 0. The van der Waals surface area contributed by atoms with Gasteiger partial charge in [-0.2, -0.15) is 0 Å². The number of ketones is 1. The number of rotatable bonds is 3. The molecule has 0 N–H and O–H groups in total. The number of hydrogen-bond donors (Lipinski definition) is 0. The van der Waals surface area contributed by atoms with Gasteiger partial charge in [0.25, 0.3) is 0 Å². The normalized spacial score (nSPS) is 10.0. The maximum Gasteiger partial charge on any atom is 0.159 e. The minimum atomic E-state index is 0.0994. The van der Waals surface area contributed by atoms with Crippen molar-refractivity contribution < 1.29 is 4.79 Å². The van der Waals surface area contributed by atoms with Gasteiger partial charge in [0.1, 0.15) is 0 Å². The molecule has 0 saturated heterocycles. The standard InChI is InChI=1S/C14H11BrO.C12H9Br/c1-10(16)11-2-4-12(5-3-11)13-6-8-14(15)9-7-13;13-12-8-6-11(7-9-12)10-4-2-1-3-5-10/h2-9H,1H3;1-9H. The van der Waals surface area contributed by atoms with Crippen molar-refractivity contribution in [1.29, 1.82) is 0 Å². The number of hydrogen-bond acceptors (Lipinski definition) is 1. The van der Waals surface area contributed by atoms with Gasteiger partial charge in [0.2, 0.25) is 0 Å². The predicted molar refractivity (Wildman–Crippen MR) is 129 cm³/mol. The SMILES string of the molecule is Brc1ccc(-c2ccccc2)cc1.CC(=O)c1ccc(-c2ccc(Br)cc2)cc1. The molecule has 4 aromatic rings. The van der Waals surface area contributed by atoms with Crippen molar-refractivity contribution in [1.82, 2.24) is 0 Å². The van der Waals surface area contributed by atoms with Gasteiger partial charge in [-0.3, -0.25) is 4.79 Å². The molecule has 4 rings (SSSR count). The fourth-order valence-electron chi connectivity index (χ4n) is 2.81. The second-order valence-electron chi connectivity index (χ2n) is 6.51. The van der Waals surface area contributed by atoms with Crippen molar-refractivity contribution in [3.8, 4) is 22.3 Å². The van der Waals surface area contributed by atoms with E-state index in [1.54, 1.807) is 6.92 Å². The van der Waals surface area contributed by atoms with Crippen LogP contribution in [-0.4, -0.2) is 5.78 Å². The molecule has 0 aliphatic rings. The van der Waals surface area contributed by atoms with Crippen molar-refractivity contribution in [3.05, 3.63) is 118 Å². The zero-order valence-corrected chi connectivity index (χ0v) is 19.2. The molecule has 0 heterocycles. The van der Waals surface area contributed by atoms with E-state index >= 15 is 0 Å². The zero-order chi connectivity index (χ0) is 20.6. The van der Waals surface area contributed by atoms with Crippen LogP contribution in [0.5, 0.6) is 0 Å². The minimum absolute atomic E-state index is 0.0994. The highest BCUT2D eigenvalue weighted by Crippen LogP contribution is 2.22. The fraction of sp³-hybridized carbons (Fsp3) is 0.0385. The molecule has 0 saturated carbocycles. The van der Waals surface area contributed by atoms with Crippen LogP contribution in [0.3, 0.4) is 0 Å². The number of benzene rings is 4. The van der Waals surface area contributed by atoms with E-state index in [9.17, 15) is 4.79 Å². The van der Waals surface area contributed by atoms with Crippen molar-refractivity contribution in [3.63, 3.8) is 0 Å². The summed E-state index contributed by atoms with van der Waals surface area (Å²) < 4.78 is 2.18. The van der Waals surface area contributed by atoms with E-state index in [4.69, 9.17) is 0 Å². The molecule has 0 bridgehead atoms. The summed E-state index contributed by atoms with van der Waals surface area (Å²) >= 11 is 6.82. The molecule has 29 heavy (non-hydrogen) atoms. The highest BCUT2D eigenvalue weighted by Gasteiger charge is 2.00. The Hall–Kier alpha value is -2.49. The Morgan fingerprint density at radius 1 is 0.517 bits per heavy atom. The van der Waals surface area contributed by atoms with E-state index < -0.39 is 0 Å². The molecule has 144 valence electrons. The molecule has 0 spiro atoms. The molecule has 0 aromatic heterocycles. The van der Waals surface area contributed by atoms with Crippen LogP contribution in [-0.2, 0) is 0 Å². The van der Waals surface area contributed by atoms with Crippen LogP contribution < -0.4 is 0 Å². The molecule has 0 atom stereocenters. The molecular weight excluding hydrogens is 488 g/mol. The van der Waals surface area contributed by atoms with Gasteiger partial charge >= 0.3 is 0 Å². The van der Waals surface area contributed by atoms with E-state index in [-0.39, 0.29) is 5.78 Å².